The highest BCUT2D eigenvalue weighted by molar-refractivity contribution is 6.45. The fourth-order valence-electron chi connectivity index (χ4n) is 2.51. The van der Waals surface area contributed by atoms with Gasteiger partial charge in [-0.3, -0.25) is 15.6 Å². The van der Waals surface area contributed by atoms with Crippen LogP contribution in [0.5, 0.6) is 0 Å². The number of benzene rings is 1. The smallest absolute Gasteiger partial charge is 0.409 e. The molecule has 0 aromatic heterocycles. The molecule has 0 unspecified atom stereocenters. The standard InChI is InChI=1S/C17H21N7O3/c1-2-27-17(26)24-9-7-23(8-10-24)16(25)12-5-3-4-6-13(12)21-22-14(11-18)15(19)20/h3-6,21H,2,7-10H2,1H3,(H3,19,20)/b22-14+. The van der Waals surface area contributed by atoms with Crippen LogP contribution in [0.1, 0.15) is 17.3 Å². The Balaban J connectivity index is 2.09. The first-order chi connectivity index (χ1) is 13.0. The van der Waals surface area contributed by atoms with Gasteiger partial charge >= 0.3 is 6.09 Å². The lowest BCUT2D eigenvalue weighted by molar-refractivity contribution is 0.0571. The molecular weight excluding hydrogens is 350 g/mol. The Morgan fingerprint density at radius 2 is 1.93 bits per heavy atom. The third-order valence-electron chi connectivity index (χ3n) is 3.90. The number of carbonyl (C=O) groups excluding carboxylic acids is 2. The first kappa shape index (κ1) is 19.7. The molecule has 0 bridgehead atoms. The Bertz CT molecular complexity index is 792. The number of para-hydroxylation sites is 1. The fourth-order valence-corrected chi connectivity index (χ4v) is 2.51. The number of carbonyl (C=O) groups is 2. The fraction of sp³-hybridized carbons (Fsp3) is 0.353. The number of anilines is 1. The zero-order valence-electron chi connectivity index (χ0n) is 14.9. The third kappa shape index (κ3) is 4.94. The average Bonchev–Trinajstić information content (AvgIpc) is 2.68. The van der Waals surface area contributed by atoms with Crippen LogP contribution in [0.4, 0.5) is 10.5 Å². The SMILES string of the molecule is CCOC(=O)N1CCN(C(=O)c2ccccc2N/N=C(\C#N)C(=N)N)CC1. The Hall–Kier alpha value is -3.61. The molecule has 142 valence electrons. The summed E-state index contributed by atoms with van der Waals surface area (Å²) in [6.45, 7) is 3.59. The van der Waals surface area contributed by atoms with Gasteiger partial charge in [-0.05, 0) is 19.1 Å². The molecule has 2 amide bonds. The first-order valence-electron chi connectivity index (χ1n) is 8.36. The molecule has 4 N–H and O–H groups in total. The Morgan fingerprint density at radius 1 is 1.30 bits per heavy atom. The van der Waals surface area contributed by atoms with Crippen molar-refractivity contribution >= 4 is 29.2 Å². The van der Waals surface area contributed by atoms with E-state index in [0.717, 1.165) is 0 Å². The second kappa shape index (κ2) is 9.19. The highest BCUT2D eigenvalue weighted by Crippen LogP contribution is 2.18. The molecule has 1 aromatic carbocycles. The molecule has 1 aromatic rings. The molecule has 1 aliphatic heterocycles. The van der Waals surface area contributed by atoms with Gasteiger partial charge in [-0.2, -0.15) is 10.4 Å². The number of hydrogen-bond acceptors (Lipinski definition) is 7. The van der Waals surface area contributed by atoms with Crippen molar-refractivity contribution < 1.29 is 14.3 Å². The number of hydrazone groups is 1. The van der Waals surface area contributed by atoms with Crippen LogP contribution in [-0.2, 0) is 4.74 Å². The molecule has 0 radical (unpaired) electrons. The predicted octanol–water partition coefficient (Wildman–Crippen LogP) is 0.828. The van der Waals surface area contributed by atoms with Crippen LogP contribution >= 0.6 is 0 Å². The molecule has 0 atom stereocenters. The zero-order chi connectivity index (χ0) is 19.8. The van der Waals surface area contributed by atoms with Crippen LogP contribution in [0.3, 0.4) is 0 Å². The summed E-state index contributed by atoms with van der Waals surface area (Å²) in [6.07, 6.45) is -0.380. The number of nitrogens with one attached hydrogen (secondary N) is 2. The van der Waals surface area contributed by atoms with E-state index >= 15 is 0 Å². The third-order valence-corrected chi connectivity index (χ3v) is 3.90. The summed E-state index contributed by atoms with van der Waals surface area (Å²) in [4.78, 5) is 27.8. The normalized spacial score (nSPS) is 14.3. The van der Waals surface area contributed by atoms with Crippen molar-refractivity contribution in [1.29, 1.82) is 10.7 Å². The molecule has 2 rings (SSSR count). The molecule has 27 heavy (non-hydrogen) atoms. The molecule has 1 aliphatic rings. The Kier molecular flexibility index (Phi) is 6.71. The van der Waals surface area contributed by atoms with Gasteiger partial charge in [0.05, 0.1) is 17.9 Å². The Morgan fingerprint density at radius 3 is 2.52 bits per heavy atom. The first-order valence-corrected chi connectivity index (χ1v) is 8.36. The van der Waals surface area contributed by atoms with E-state index in [4.69, 9.17) is 21.1 Å². The van der Waals surface area contributed by atoms with Gasteiger partial charge in [-0.25, -0.2) is 4.79 Å². The topological polar surface area (TPSA) is 148 Å². The average molecular weight is 371 g/mol. The number of rotatable bonds is 5. The van der Waals surface area contributed by atoms with Crippen LogP contribution < -0.4 is 11.2 Å². The van der Waals surface area contributed by atoms with Gasteiger partial charge < -0.3 is 20.3 Å². The second-order valence-corrected chi connectivity index (χ2v) is 5.62. The number of hydrogen-bond donors (Lipinski definition) is 3. The van der Waals surface area contributed by atoms with Crippen molar-refractivity contribution in [3.63, 3.8) is 0 Å². The van der Waals surface area contributed by atoms with Crippen LogP contribution in [0.25, 0.3) is 0 Å². The quantitative estimate of drug-likeness (QED) is 0.396. The maximum atomic E-state index is 12.8. The van der Waals surface area contributed by atoms with E-state index in [2.05, 4.69) is 10.5 Å². The minimum absolute atomic E-state index is 0.224. The van der Waals surface area contributed by atoms with Gasteiger partial charge in [0.15, 0.2) is 5.84 Å². The number of piperazine rings is 1. The second-order valence-electron chi connectivity index (χ2n) is 5.62. The predicted molar refractivity (Wildman–Crippen MR) is 99.5 cm³/mol. The Labute approximate surface area is 156 Å². The van der Waals surface area contributed by atoms with Crippen LogP contribution in [-0.4, -0.2) is 66.1 Å². The van der Waals surface area contributed by atoms with Crippen molar-refractivity contribution in [1.82, 2.24) is 9.80 Å². The summed E-state index contributed by atoms with van der Waals surface area (Å²) in [7, 11) is 0. The number of amides is 2. The molecule has 1 heterocycles. The summed E-state index contributed by atoms with van der Waals surface area (Å²) in [5.41, 5.74) is 8.36. The van der Waals surface area contributed by atoms with Gasteiger partial charge in [0, 0.05) is 26.2 Å². The van der Waals surface area contributed by atoms with E-state index in [1.807, 2.05) is 0 Å². The number of nitrogens with zero attached hydrogens (tertiary/aromatic N) is 4. The summed E-state index contributed by atoms with van der Waals surface area (Å²) in [5.74, 6) is -0.693. The van der Waals surface area contributed by atoms with E-state index in [1.165, 1.54) is 0 Å². The van der Waals surface area contributed by atoms with E-state index in [9.17, 15) is 9.59 Å². The maximum Gasteiger partial charge on any atom is 0.409 e. The summed E-state index contributed by atoms with van der Waals surface area (Å²) in [6, 6.07) is 8.41. The molecule has 0 saturated carbocycles. The lowest BCUT2D eigenvalue weighted by Crippen LogP contribution is -2.50. The monoisotopic (exact) mass is 371 g/mol. The number of nitriles is 1. The van der Waals surface area contributed by atoms with Crippen molar-refractivity contribution in [2.75, 3.05) is 38.2 Å². The molecule has 0 spiro atoms. The molecule has 1 saturated heterocycles. The van der Waals surface area contributed by atoms with Gasteiger partial charge in [-0.1, -0.05) is 12.1 Å². The van der Waals surface area contributed by atoms with Gasteiger partial charge in [0.1, 0.15) is 6.07 Å². The molecule has 10 nitrogen and oxygen atoms in total. The van der Waals surface area contributed by atoms with Crippen molar-refractivity contribution in [2.45, 2.75) is 6.92 Å². The van der Waals surface area contributed by atoms with Crippen LogP contribution in [0.15, 0.2) is 29.4 Å². The van der Waals surface area contributed by atoms with Crippen molar-refractivity contribution in [3.8, 4) is 6.07 Å². The number of amidine groups is 1. The van der Waals surface area contributed by atoms with E-state index in [-0.39, 0.29) is 17.7 Å². The molecular formula is C17H21N7O3. The number of nitrogens with two attached hydrogens (primary N) is 1. The zero-order valence-corrected chi connectivity index (χ0v) is 14.9. The summed E-state index contributed by atoms with van der Waals surface area (Å²) in [5, 5.41) is 19.9. The van der Waals surface area contributed by atoms with Crippen molar-refractivity contribution in [3.05, 3.63) is 29.8 Å². The largest absolute Gasteiger partial charge is 0.450 e. The lowest BCUT2D eigenvalue weighted by Gasteiger charge is -2.34. The van der Waals surface area contributed by atoms with E-state index in [1.54, 1.807) is 47.1 Å². The lowest BCUT2D eigenvalue weighted by atomic mass is 10.1. The van der Waals surface area contributed by atoms with Crippen LogP contribution in [0, 0.1) is 16.7 Å². The minimum atomic E-state index is -0.469. The van der Waals surface area contributed by atoms with Gasteiger partial charge in [-0.15, -0.1) is 0 Å². The molecule has 0 aliphatic carbocycles. The summed E-state index contributed by atoms with van der Waals surface area (Å²) >= 11 is 0. The van der Waals surface area contributed by atoms with Crippen molar-refractivity contribution in [2.24, 2.45) is 10.8 Å². The molecule has 10 heteroatoms. The molecule has 1 fully saturated rings. The number of ether oxygens (including phenoxy) is 1. The van der Waals surface area contributed by atoms with E-state index < -0.39 is 5.84 Å². The summed E-state index contributed by atoms with van der Waals surface area (Å²) < 4.78 is 4.97. The highest BCUT2D eigenvalue weighted by atomic mass is 16.6. The highest BCUT2D eigenvalue weighted by Gasteiger charge is 2.26. The van der Waals surface area contributed by atoms with E-state index in [0.29, 0.717) is 44.0 Å². The maximum absolute atomic E-state index is 12.8. The van der Waals surface area contributed by atoms with Gasteiger partial charge in [0.25, 0.3) is 5.91 Å². The minimum Gasteiger partial charge on any atom is -0.450 e. The van der Waals surface area contributed by atoms with Crippen LogP contribution in [0.2, 0.25) is 0 Å². The van der Waals surface area contributed by atoms with Gasteiger partial charge in [0.2, 0.25) is 5.71 Å².